The number of hydrogen-bond donors (Lipinski definition) is 3. The van der Waals surface area contributed by atoms with Gasteiger partial charge in [-0.05, 0) is 94.9 Å². The number of nitrogens with one attached hydrogen (secondary N) is 3. The Morgan fingerprint density at radius 2 is 1.88 bits per heavy atom. The SMILES string of the molecule is COc1ccc2c(O[C@@H]3C[C@H]4C(=O)N[C@]5(C(=O)NS(=O)(=O)C6CC6)C[C@H]5/C=C\CCCCN(C)C(=O)[C@@H]4C3)nc(-c3csc(NC(C)C)n3)cc2c1. The van der Waals surface area contributed by atoms with Gasteiger partial charge in [-0.1, -0.05) is 12.2 Å². The van der Waals surface area contributed by atoms with E-state index in [1.165, 1.54) is 11.3 Å². The van der Waals surface area contributed by atoms with E-state index in [-0.39, 0.29) is 37.1 Å². The highest BCUT2D eigenvalue weighted by molar-refractivity contribution is 7.91. The van der Waals surface area contributed by atoms with Crippen molar-refractivity contribution in [3.8, 4) is 23.0 Å². The number of fused-ring (bicyclic) bond motifs is 3. The van der Waals surface area contributed by atoms with E-state index in [0.29, 0.717) is 42.4 Å². The Balaban J connectivity index is 1.19. The van der Waals surface area contributed by atoms with Crippen LogP contribution in [0.5, 0.6) is 11.6 Å². The first kappa shape index (κ1) is 36.1. The summed E-state index contributed by atoms with van der Waals surface area (Å²) in [4.78, 5) is 53.2. The number of aromatic nitrogens is 2. The number of rotatable bonds is 9. The lowest BCUT2D eigenvalue weighted by Gasteiger charge is -2.26. The third kappa shape index (κ3) is 7.47. The summed E-state index contributed by atoms with van der Waals surface area (Å²) in [6, 6.07) is 7.76. The first-order chi connectivity index (χ1) is 24.9. The second kappa shape index (κ2) is 14.3. The fraction of sp³-hybridized carbons (Fsp3) is 0.541. The van der Waals surface area contributed by atoms with E-state index in [1.807, 2.05) is 55.6 Å². The second-order valence-corrected chi connectivity index (χ2v) is 17.6. The molecule has 15 heteroatoms. The van der Waals surface area contributed by atoms with E-state index in [0.717, 1.165) is 35.2 Å². The molecule has 0 bridgehead atoms. The van der Waals surface area contributed by atoms with E-state index >= 15 is 0 Å². The number of benzene rings is 1. The third-order valence-electron chi connectivity index (χ3n) is 10.5. The van der Waals surface area contributed by atoms with Crippen LogP contribution in [0.1, 0.15) is 65.2 Å². The van der Waals surface area contributed by atoms with Crippen molar-refractivity contribution in [2.75, 3.05) is 26.0 Å². The van der Waals surface area contributed by atoms with E-state index < -0.39 is 50.6 Å². The van der Waals surface area contributed by atoms with Crippen LogP contribution in [0.25, 0.3) is 22.2 Å². The molecule has 1 aliphatic heterocycles. The molecule has 13 nitrogen and oxygen atoms in total. The van der Waals surface area contributed by atoms with Crippen LogP contribution in [0.3, 0.4) is 0 Å². The summed E-state index contributed by atoms with van der Waals surface area (Å²) in [5.74, 6) is -2.20. The first-order valence-corrected chi connectivity index (χ1v) is 20.5. The number of thiazole rings is 1. The van der Waals surface area contributed by atoms with Crippen LogP contribution in [0.2, 0.25) is 0 Å². The van der Waals surface area contributed by atoms with Crippen LogP contribution >= 0.6 is 11.3 Å². The Kier molecular flexibility index (Phi) is 9.93. The summed E-state index contributed by atoms with van der Waals surface area (Å²) in [5, 5.41) is 9.97. The van der Waals surface area contributed by atoms with Gasteiger partial charge in [0.15, 0.2) is 5.13 Å². The fourth-order valence-electron chi connectivity index (χ4n) is 7.31. The summed E-state index contributed by atoms with van der Waals surface area (Å²) in [7, 11) is -0.472. The molecule has 1 aromatic carbocycles. The lowest BCUT2D eigenvalue weighted by Crippen LogP contribution is -2.54. The van der Waals surface area contributed by atoms with Gasteiger partial charge in [0.25, 0.3) is 5.91 Å². The number of sulfonamides is 1. The summed E-state index contributed by atoms with van der Waals surface area (Å²) in [6.07, 6.45) is 7.47. The predicted molar refractivity (Wildman–Crippen MR) is 198 cm³/mol. The average molecular weight is 751 g/mol. The number of ether oxygens (including phenoxy) is 2. The van der Waals surface area contributed by atoms with Crippen LogP contribution in [-0.2, 0) is 24.4 Å². The van der Waals surface area contributed by atoms with Crippen molar-refractivity contribution in [3.63, 3.8) is 0 Å². The topological polar surface area (TPSA) is 169 Å². The van der Waals surface area contributed by atoms with Crippen molar-refractivity contribution in [2.24, 2.45) is 17.8 Å². The molecule has 0 unspecified atom stereocenters. The monoisotopic (exact) mass is 750 g/mol. The molecule has 7 rings (SSSR count). The van der Waals surface area contributed by atoms with Crippen molar-refractivity contribution < 1.29 is 32.3 Å². The molecular formula is C37H46N6O7S2. The summed E-state index contributed by atoms with van der Waals surface area (Å²) >= 11 is 1.48. The standard InChI is InChI=1S/C37H46N6O7S2/c1-21(2)38-36-40-31(20-51-36)30-16-22-15-24(49-4)10-13-27(22)33(39-30)50-25-17-28-29(18-25)34(45)43(3)14-8-6-5-7-9-23-19-37(23,41-32(28)44)35(46)42-52(47,48)26-11-12-26/h7,9-10,13,15-16,20-21,23,25-26,28-29H,5-6,8,11-12,14,17-19H2,1-4H3,(H,38,40)(H,41,44)(H,42,46)/b9-7-/t23-,25-,28-,29-,37-/m1/s1. The molecule has 3 aromatic rings. The number of carbonyl (C=O) groups excluding carboxylic acids is 3. The predicted octanol–water partition coefficient (Wildman–Crippen LogP) is 4.64. The highest BCUT2D eigenvalue weighted by Crippen LogP contribution is 2.47. The van der Waals surface area contributed by atoms with Gasteiger partial charge in [-0.3, -0.25) is 19.1 Å². The fourth-order valence-corrected chi connectivity index (χ4v) is 9.52. The quantitative estimate of drug-likeness (QED) is 0.262. The number of allylic oxidation sites excluding steroid dienone is 1. The molecular weight excluding hydrogens is 705 g/mol. The Hall–Kier alpha value is -4.24. The van der Waals surface area contributed by atoms with Gasteiger partial charge >= 0.3 is 0 Å². The Morgan fingerprint density at radius 3 is 2.63 bits per heavy atom. The molecule has 3 amide bonds. The van der Waals surface area contributed by atoms with E-state index in [4.69, 9.17) is 19.4 Å². The average Bonchev–Trinajstić information content (AvgIpc) is 3.99. The molecule has 2 aromatic heterocycles. The zero-order valence-electron chi connectivity index (χ0n) is 29.9. The molecule has 3 saturated carbocycles. The molecule has 3 heterocycles. The molecule has 0 saturated heterocycles. The number of pyridine rings is 1. The van der Waals surface area contributed by atoms with Gasteiger partial charge in [-0.15, -0.1) is 11.3 Å². The van der Waals surface area contributed by atoms with Gasteiger partial charge < -0.3 is 25.0 Å². The lowest BCUT2D eigenvalue weighted by atomic mass is 9.93. The van der Waals surface area contributed by atoms with Crippen molar-refractivity contribution in [1.82, 2.24) is 24.9 Å². The minimum atomic E-state index is -3.83. The minimum absolute atomic E-state index is 0.162. The van der Waals surface area contributed by atoms with Crippen LogP contribution in [0.4, 0.5) is 5.13 Å². The molecule has 52 heavy (non-hydrogen) atoms. The number of anilines is 1. The van der Waals surface area contributed by atoms with Crippen molar-refractivity contribution in [1.29, 1.82) is 0 Å². The van der Waals surface area contributed by atoms with Crippen LogP contribution in [0, 0.1) is 17.8 Å². The van der Waals surface area contributed by atoms with Gasteiger partial charge in [0.2, 0.25) is 27.7 Å². The molecule has 3 N–H and O–H groups in total. The molecule has 3 aliphatic carbocycles. The van der Waals surface area contributed by atoms with Crippen LogP contribution in [-0.4, -0.2) is 84.6 Å². The first-order valence-electron chi connectivity index (χ1n) is 18.0. The maximum atomic E-state index is 14.2. The highest BCUT2D eigenvalue weighted by atomic mass is 32.2. The number of hydrogen-bond acceptors (Lipinski definition) is 11. The van der Waals surface area contributed by atoms with Crippen molar-refractivity contribution in [2.45, 2.75) is 88.1 Å². The van der Waals surface area contributed by atoms with Gasteiger partial charge in [-0.2, -0.15) is 0 Å². The third-order valence-corrected chi connectivity index (χ3v) is 13.0. The number of carbonyl (C=O) groups is 3. The normalized spacial score (nSPS) is 27.3. The molecule has 0 radical (unpaired) electrons. The second-order valence-electron chi connectivity index (χ2n) is 14.8. The maximum Gasteiger partial charge on any atom is 0.259 e. The molecule has 278 valence electrons. The molecule has 0 spiro atoms. The maximum absolute atomic E-state index is 14.2. The molecule has 5 atom stereocenters. The van der Waals surface area contributed by atoms with Crippen LogP contribution in [0.15, 0.2) is 41.8 Å². The Morgan fingerprint density at radius 1 is 1.10 bits per heavy atom. The number of nitrogens with zero attached hydrogens (tertiary/aromatic N) is 3. The lowest BCUT2D eigenvalue weighted by molar-refractivity contribution is -0.140. The number of amides is 3. The van der Waals surface area contributed by atoms with E-state index in [9.17, 15) is 22.8 Å². The van der Waals surface area contributed by atoms with E-state index in [1.54, 1.807) is 19.1 Å². The van der Waals surface area contributed by atoms with Gasteiger partial charge in [-0.25, -0.2) is 18.4 Å². The molecule has 3 fully saturated rings. The molecule has 4 aliphatic rings. The largest absolute Gasteiger partial charge is 0.497 e. The summed E-state index contributed by atoms with van der Waals surface area (Å²) in [5.41, 5.74) is -0.116. The van der Waals surface area contributed by atoms with Crippen molar-refractivity contribution in [3.05, 3.63) is 41.8 Å². The van der Waals surface area contributed by atoms with Crippen LogP contribution < -0.4 is 24.8 Å². The summed E-state index contributed by atoms with van der Waals surface area (Å²) < 4.78 is 39.9. The van der Waals surface area contributed by atoms with Crippen molar-refractivity contribution >= 4 is 55.0 Å². The highest BCUT2D eigenvalue weighted by Gasteiger charge is 2.62. The smallest absolute Gasteiger partial charge is 0.259 e. The van der Waals surface area contributed by atoms with Gasteiger partial charge in [0.05, 0.1) is 29.9 Å². The van der Waals surface area contributed by atoms with E-state index in [2.05, 4.69) is 15.4 Å². The Labute approximate surface area is 308 Å². The summed E-state index contributed by atoms with van der Waals surface area (Å²) in [6.45, 7) is 4.64. The van der Waals surface area contributed by atoms with Gasteiger partial charge in [0.1, 0.15) is 23.1 Å². The van der Waals surface area contributed by atoms with Gasteiger partial charge in [0, 0.05) is 36.3 Å². The Bertz CT molecular complexity index is 2010. The zero-order valence-corrected chi connectivity index (χ0v) is 31.5. The minimum Gasteiger partial charge on any atom is -0.497 e. The zero-order chi connectivity index (χ0) is 36.8. The number of methoxy groups -OCH3 is 1.